The summed E-state index contributed by atoms with van der Waals surface area (Å²) >= 11 is 6.34. The van der Waals surface area contributed by atoms with Crippen LogP contribution < -0.4 is 15.1 Å². The minimum Gasteiger partial charge on any atom is -0.475 e. The summed E-state index contributed by atoms with van der Waals surface area (Å²) in [7, 11) is 0. The van der Waals surface area contributed by atoms with Gasteiger partial charge in [0.2, 0.25) is 0 Å². The van der Waals surface area contributed by atoms with Crippen LogP contribution in [0.5, 0.6) is 0 Å². The Morgan fingerprint density at radius 3 is 2.53 bits per heavy atom. The molecule has 0 saturated carbocycles. The summed E-state index contributed by atoms with van der Waals surface area (Å²) in [5, 5.41) is 12.6. The van der Waals surface area contributed by atoms with Crippen molar-refractivity contribution in [2.45, 2.75) is 31.6 Å². The summed E-state index contributed by atoms with van der Waals surface area (Å²) in [5.41, 5.74) is 2.15. The van der Waals surface area contributed by atoms with Crippen LogP contribution in [0, 0.1) is 0 Å². The Bertz CT molecular complexity index is 1240. The highest BCUT2D eigenvalue weighted by molar-refractivity contribution is 6.35. The van der Waals surface area contributed by atoms with Gasteiger partial charge in [-0.15, -0.1) is 0 Å². The molecule has 2 aliphatic rings. The van der Waals surface area contributed by atoms with Gasteiger partial charge in [0.15, 0.2) is 0 Å². The highest BCUT2D eigenvalue weighted by Crippen LogP contribution is 2.26. The molecule has 9 nitrogen and oxygen atoms in total. The number of hydrogen-bond acceptors (Lipinski definition) is 8. The van der Waals surface area contributed by atoms with Gasteiger partial charge in [0.25, 0.3) is 0 Å². The summed E-state index contributed by atoms with van der Waals surface area (Å²) in [6.45, 7) is 5.98. The van der Waals surface area contributed by atoms with Crippen LogP contribution in [-0.2, 0) is 16.1 Å². The third-order valence-electron chi connectivity index (χ3n) is 6.34. The van der Waals surface area contributed by atoms with Crippen LogP contribution in [0.1, 0.15) is 18.4 Å². The molecule has 2 aliphatic heterocycles. The summed E-state index contributed by atoms with van der Waals surface area (Å²) in [6.07, 6.45) is 0.708. The van der Waals surface area contributed by atoms with E-state index in [0.717, 1.165) is 86.3 Å². The van der Waals surface area contributed by atoms with Crippen molar-refractivity contribution in [1.29, 1.82) is 0 Å². The van der Waals surface area contributed by atoms with E-state index in [1.807, 2.05) is 24.4 Å². The smallest absolute Gasteiger partial charge is 0.475 e. The maximum atomic E-state index is 10.6. The number of anilines is 2. The Balaban J connectivity index is 0.000000426. The van der Waals surface area contributed by atoms with Gasteiger partial charge >= 0.3 is 12.1 Å². The lowest BCUT2D eigenvalue weighted by Crippen LogP contribution is -2.46. The molecule has 1 unspecified atom stereocenters. The fraction of sp³-hybridized carbons (Fsp3) is 0.440. The standard InChI is InChI=1S/C23H27ClN6O.C2HF3O2/c24-20-6-5-17(23-19(20)4-1-7-25-23)14-26-18-3-2-8-30(15-18)22-13-21(27-16-28-22)29-9-11-31-12-10-29;3-2(4,5)1(6)7/h1,4-7,13,16,18,26H,2-3,8-12,14-15H2;(H,6,7). The Labute approximate surface area is 222 Å². The second-order valence-corrected chi connectivity index (χ2v) is 9.32. The van der Waals surface area contributed by atoms with Crippen LogP contribution in [0.25, 0.3) is 10.9 Å². The number of alkyl halides is 3. The van der Waals surface area contributed by atoms with E-state index in [1.54, 1.807) is 6.33 Å². The van der Waals surface area contributed by atoms with Crippen molar-refractivity contribution in [1.82, 2.24) is 20.3 Å². The lowest BCUT2D eigenvalue weighted by atomic mass is 10.0. The molecule has 204 valence electrons. The molecule has 3 aromatic rings. The molecule has 2 N–H and O–H groups in total. The molecule has 2 saturated heterocycles. The number of carboxylic acids is 1. The Morgan fingerprint density at radius 1 is 1.11 bits per heavy atom. The largest absolute Gasteiger partial charge is 0.490 e. The molecular weight excluding hydrogens is 525 g/mol. The highest BCUT2D eigenvalue weighted by atomic mass is 35.5. The summed E-state index contributed by atoms with van der Waals surface area (Å²) in [5.74, 6) is -0.767. The predicted molar refractivity (Wildman–Crippen MR) is 138 cm³/mol. The zero-order valence-electron chi connectivity index (χ0n) is 20.5. The minimum absolute atomic E-state index is 0.394. The molecular formula is C25H28ClF3N6O3. The van der Waals surface area contributed by atoms with Crippen molar-refractivity contribution in [3.8, 4) is 0 Å². The zero-order valence-corrected chi connectivity index (χ0v) is 21.3. The second kappa shape index (κ2) is 12.5. The van der Waals surface area contributed by atoms with Crippen molar-refractivity contribution in [2.24, 2.45) is 0 Å². The van der Waals surface area contributed by atoms with Crippen LogP contribution >= 0.6 is 11.6 Å². The molecule has 1 atom stereocenters. The van der Waals surface area contributed by atoms with Gasteiger partial charge in [-0.1, -0.05) is 17.7 Å². The number of carboxylic acid groups (broad SMARTS) is 1. The fourth-order valence-corrected chi connectivity index (χ4v) is 4.64. The molecule has 0 aliphatic carbocycles. The number of halogens is 4. The number of ether oxygens (including phenoxy) is 1. The van der Waals surface area contributed by atoms with Gasteiger partial charge in [-0.3, -0.25) is 4.98 Å². The highest BCUT2D eigenvalue weighted by Gasteiger charge is 2.38. The first-order valence-corrected chi connectivity index (χ1v) is 12.6. The number of piperidine rings is 1. The van der Waals surface area contributed by atoms with E-state index in [-0.39, 0.29) is 0 Å². The maximum Gasteiger partial charge on any atom is 0.490 e. The molecule has 4 heterocycles. The number of hydrogen-bond donors (Lipinski definition) is 2. The molecule has 13 heteroatoms. The molecule has 2 fully saturated rings. The number of carbonyl (C=O) groups is 1. The van der Waals surface area contributed by atoms with E-state index >= 15 is 0 Å². The van der Waals surface area contributed by atoms with E-state index in [1.165, 1.54) is 5.56 Å². The van der Waals surface area contributed by atoms with E-state index in [9.17, 15) is 13.2 Å². The summed E-state index contributed by atoms with van der Waals surface area (Å²) < 4.78 is 37.2. The number of nitrogens with zero attached hydrogens (tertiary/aromatic N) is 5. The topological polar surface area (TPSA) is 104 Å². The Hall–Kier alpha value is -3.22. The average Bonchev–Trinajstić information content (AvgIpc) is 2.93. The predicted octanol–water partition coefficient (Wildman–Crippen LogP) is 3.91. The SMILES string of the molecule is Clc1ccc(CNC2CCCN(c3cc(N4CCOCC4)ncn3)C2)c2ncccc12.O=C(O)C(F)(F)F. The number of nitrogens with one attached hydrogen (secondary N) is 1. The fourth-order valence-electron chi connectivity index (χ4n) is 4.42. The summed E-state index contributed by atoms with van der Waals surface area (Å²) in [4.78, 5) is 27.1. The number of aromatic nitrogens is 3. The van der Waals surface area contributed by atoms with E-state index < -0.39 is 12.1 Å². The van der Waals surface area contributed by atoms with Crippen molar-refractivity contribution >= 4 is 40.1 Å². The first-order valence-electron chi connectivity index (χ1n) is 12.2. The maximum absolute atomic E-state index is 10.6. The second-order valence-electron chi connectivity index (χ2n) is 8.91. The van der Waals surface area contributed by atoms with Gasteiger partial charge in [0, 0.05) is 61.4 Å². The van der Waals surface area contributed by atoms with Crippen LogP contribution in [0.2, 0.25) is 5.02 Å². The van der Waals surface area contributed by atoms with Crippen LogP contribution in [0.3, 0.4) is 0 Å². The molecule has 0 bridgehead atoms. The molecule has 1 aromatic carbocycles. The van der Waals surface area contributed by atoms with Gasteiger partial charge in [-0.25, -0.2) is 14.8 Å². The first kappa shape index (κ1) is 27.8. The van der Waals surface area contributed by atoms with Crippen molar-refractivity contribution < 1.29 is 27.8 Å². The quantitative estimate of drug-likeness (QED) is 0.487. The lowest BCUT2D eigenvalue weighted by molar-refractivity contribution is -0.192. The van der Waals surface area contributed by atoms with E-state index in [2.05, 4.69) is 42.2 Å². The van der Waals surface area contributed by atoms with Crippen molar-refractivity contribution in [3.63, 3.8) is 0 Å². The average molecular weight is 553 g/mol. The lowest BCUT2D eigenvalue weighted by Gasteiger charge is -2.35. The summed E-state index contributed by atoms with van der Waals surface area (Å²) in [6, 6.07) is 10.5. The Kier molecular flexibility index (Phi) is 9.18. The third kappa shape index (κ3) is 7.21. The number of aliphatic carboxylic acids is 1. The number of benzene rings is 1. The zero-order chi connectivity index (χ0) is 27.1. The van der Waals surface area contributed by atoms with Gasteiger partial charge in [0.1, 0.15) is 18.0 Å². The number of rotatable bonds is 5. The number of pyridine rings is 1. The van der Waals surface area contributed by atoms with Crippen molar-refractivity contribution in [3.05, 3.63) is 53.4 Å². The minimum atomic E-state index is -5.08. The number of morpholine rings is 1. The van der Waals surface area contributed by atoms with Gasteiger partial charge in [-0.05, 0) is 36.6 Å². The van der Waals surface area contributed by atoms with E-state index in [0.29, 0.717) is 6.04 Å². The number of fused-ring (bicyclic) bond motifs is 1. The first-order chi connectivity index (χ1) is 18.2. The third-order valence-corrected chi connectivity index (χ3v) is 6.67. The van der Waals surface area contributed by atoms with E-state index in [4.69, 9.17) is 26.2 Å². The van der Waals surface area contributed by atoms with Gasteiger partial charge in [-0.2, -0.15) is 13.2 Å². The molecule has 2 aromatic heterocycles. The molecule has 38 heavy (non-hydrogen) atoms. The monoisotopic (exact) mass is 552 g/mol. The van der Waals surface area contributed by atoms with Gasteiger partial charge in [0.05, 0.1) is 18.7 Å². The van der Waals surface area contributed by atoms with Crippen molar-refractivity contribution in [2.75, 3.05) is 49.2 Å². The molecule has 0 radical (unpaired) electrons. The Morgan fingerprint density at radius 2 is 1.82 bits per heavy atom. The van der Waals surface area contributed by atoms with Crippen LogP contribution in [0.4, 0.5) is 24.8 Å². The normalized spacial score (nSPS) is 18.2. The van der Waals surface area contributed by atoms with Crippen LogP contribution in [0.15, 0.2) is 42.9 Å². The molecule has 0 spiro atoms. The van der Waals surface area contributed by atoms with Crippen LogP contribution in [-0.4, -0.2) is 77.6 Å². The molecule has 5 rings (SSSR count). The molecule has 0 amide bonds. The van der Waals surface area contributed by atoms with Gasteiger partial charge < -0.3 is 25.0 Å².